The van der Waals surface area contributed by atoms with Gasteiger partial charge in [-0.1, -0.05) is 12.8 Å². The molecule has 2 aliphatic rings. The van der Waals surface area contributed by atoms with Crippen LogP contribution in [0.4, 0.5) is 0 Å². The molecule has 0 radical (unpaired) electrons. The van der Waals surface area contributed by atoms with E-state index in [0.717, 1.165) is 32.0 Å². The van der Waals surface area contributed by atoms with Gasteiger partial charge in [-0.05, 0) is 12.8 Å². The van der Waals surface area contributed by atoms with Crippen molar-refractivity contribution < 1.29 is 18.3 Å². The summed E-state index contributed by atoms with van der Waals surface area (Å²) < 4.78 is 22.8. The zero-order valence-corrected chi connectivity index (χ0v) is 9.37. The molecule has 4 nitrogen and oxygen atoms in total. The second-order valence-corrected chi connectivity index (χ2v) is 6.96. The third-order valence-corrected chi connectivity index (χ3v) is 5.55. The highest BCUT2D eigenvalue weighted by molar-refractivity contribution is 7.91. The first-order valence-electron chi connectivity index (χ1n) is 5.34. The van der Waals surface area contributed by atoms with Gasteiger partial charge in [0.15, 0.2) is 9.84 Å². The maximum atomic E-state index is 11.4. The summed E-state index contributed by atoms with van der Waals surface area (Å²) in [6.45, 7) is 0. The second kappa shape index (κ2) is 3.56. The van der Waals surface area contributed by atoms with Gasteiger partial charge in [-0.2, -0.15) is 0 Å². The largest absolute Gasteiger partial charge is 0.392 e. The summed E-state index contributed by atoms with van der Waals surface area (Å²) in [5.41, 5.74) is -0.566. The van der Waals surface area contributed by atoms with Crippen molar-refractivity contribution in [2.45, 2.75) is 31.8 Å². The van der Waals surface area contributed by atoms with Crippen molar-refractivity contribution in [2.24, 2.45) is 11.3 Å². The van der Waals surface area contributed by atoms with Gasteiger partial charge in [0.25, 0.3) is 0 Å². The van der Waals surface area contributed by atoms with Crippen molar-refractivity contribution in [1.82, 2.24) is 0 Å². The first kappa shape index (κ1) is 11.1. The van der Waals surface area contributed by atoms with Crippen LogP contribution < -0.4 is 0 Å². The van der Waals surface area contributed by atoms with Gasteiger partial charge in [0.1, 0.15) is 6.29 Å². The molecule has 1 heterocycles. The lowest BCUT2D eigenvalue weighted by Gasteiger charge is -2.30. The van der Waals surface area contributed by atoms with E-state index in [1.807, 2.05) is 0 Å². The van der Waals surface area contributed by atoms with Gasteiger partial charge in [0.2, 0.25) is 0 Å². The highest BCUT2D eigenvalue weighted by atomic mass is 32.2. The van der Waals surface area contributed by atoms with E-state index in [4.69, 9.17) is 0 Å². The van der Waals surface area contributed by atoms with Crippen molar-refractivity contribution in [3.05, 3.63) is 0 Å². The first-order valence-corrected chi connectivity index (χ1v) is 7.16. The Morgan fingerprint density at radius 1 is 1.20 bits per heavy atom. The number of aliphatic hydroxyl groups is 1. The fourth-order valence-corrected chi connectivity index (χ4v) is 4.98. The van der Waals surface area contributed by atoms with Gasteiger partial charge in [0.05, 0.1) is 17.6 Å². The Morgan fingerprint density at radius 2 is 1.80 bits per heavy atom. The number of hydrogen-bond acceptors (Lipinski definition) is 4. The van der Waals surface area contributed by atoms with Crippen molar-refractivity contribution in [3.8, 4) is 0 Å². The molecule has 0 aromatic rings. The van der Waals surface area contributed by atoms with Crippen LogP contribution in [-0.4, -0.2) is 37.4 Å². The topological polar surface area (TPSA) is 71.4 Å². The number of rotatable bonds is 2. The number of carbonyl (C=O) groups is 1. The standard InChI is InChI=1S/C10H16O4S/c11-7-10(3-1-2-4-10)8-5-15(13,14)6-9(8)12/h7-9,12H,1-6H2. The van der Waals surface area contributed by atoms with Crippen LogP contribution in [0.15, 0.2) is 0 Å². The monoisotopic (exact) mass is 232 g/mol. The number of aliphatic hydroxyl groups excluding tert-OH is 1. The van der Waals surface area contributed by atoms with Crippen LogP contribution in [0.3, 0.4) is 0 Å². The normalized spacial score (nSPS) is 37.9. The Bertz CT molecular complexity index is 354. The van der Waals surface area contributed by atoms with E-state index in [2.05, 4.69) is 0 Å². The van der Waals surface area contributed by atoms with Gasteiger partial charge in [-0.25, -0.2) is 8.42 Å². The van der Waals surface area contributed by atoms with Crippen LogP contribution in [0.5, 0.6) is 0 Å². The molecule has 0 aromatic heterocycles. The molecule has 2 atom stereocenters. The average Bonchev–Trinajstić information content (AvgIpc) is 2.71. The molecule has 1 aliphatic heterocycles. The lowest BCUT2D eigenvalue weighted by Crippen LogP contribution is -2.37. The Morgan fingerprint density at radius 3 is 2.20 bits per heavy atom. The summed E-state index contributed by atoms with van der Waals surface area (Å²) in [4.78, 5) is 11.2. The molecule has 15 heavy (non-hydrogen) atoms. The predicted octanol–water partition coefficient (Wildman–Crippen LogP) is 0.151. The van der Waals surface area contributed by atoms with Gasteiger partial charge in [0, 0.05) is 11.3 Å². The van der Waals surface area contributed by atoms with E-state index in [9.17, 15) is 18.3 Å². The maximum absolute atomic E-state index is 11.4. The highest BCUT2D eigenvalue weighted by Gasteiger charge is 2.50. The molecule has 86 valence electrons. The minimum absolute atomic E-state index is 0.0209. The second-order valence-electron chi connectivity index (χ2n) is 4.81. The molecule has 1 aliphatic carbocycles. The molecule has 1 N–H and O–H groups in total. The maximum Gasteiger partial charge on any atom is 0.153 e. The van der Waals surface area contributed by atoms with Gasteiger partial charge in [-0.15, -0.1) is 0 Å². The zero-order chi connectivity index (χ0) is 11.1. The van der Waals surface area contributed by atoms with Gasteiger partial charge < -0.3 is 9.90 Å². The third-order valence-electron chi connectivity index (χ3n) is 3.83. The fraction of sp³-hybridized carbons (Fsp3) is 0.900. The van der Waals surface area contributed by atoms with Crippen LogP contribution in [0, 0.1) is 11.3 Å². The molecule has 1 saturated heterocycles. The van der Waals surface area contributed by atoms with E-state index in [0.29, 0.717) is 0 Å². The van der Waals surface area contributed by atoms with Gasteiger partial charge >= 0.3 is 0 Å². The number of aldehydes is 1. The third kappa shape index (κ3) is 1.83. The van der Waals surface area contributed by atoms with Crippen LogP contribution in [0.1, 0.15) is 25.7 Å². The van der Waals surface area contributed by atoms with E-state index in [1.165, 1.54) is 0 Å². The highest BCUT2D eigenvalue weighted by Crippen LogP contribution is 2.46. The molecule has 2 rings (SSSR count). The van der Waals surface area contributed by atoms with Crippen LogP contribution >= 0.6 is 0 Å². The van der Waals surface area contributed by atoms with E-state index in [1.54, 1.807) is 0 Å². The Kier molecular flexibility index (Phi) is 2.63. The summed E-state index contributed by atoms with van der Waals surface area (Å²) in [6, 6.07) is 0. The zero-order valence-electron chi connectivity index (χ0n) is 8.55. The number of hydrogen-bond donors (Lipinski definition) is 1. The van der Waals surface area contributed by atoms with E-state index < -0.39 is 21.4 Å². The van der Waals surface area contributed by atoms with Crippen molar-refractivity contribution >= 4 is 16.1 Å². The summed E-state index contributed by atoms with van der Waals surface area (Å²) in [5, 5.41) is 9.74. The molecule has 2 unspecified atom stereocenters. The predicted molar refractivity (Wildman–Crippen MR) is 55.1 cm³/mol. The fourth-order valence-electron chi connectivity index (χ4n) is 2.99. The molecular weight excluding hydrogens is 216 g/mol. The Balaban J connectivity index is 2.26. The summed E-state index contributed by atoms with van der Waals surface area (Å²) in [5.74, 6) is -0.567. The number of sulfone groups is 1. The molecule has 0 aromatic carbocycles. The molecule has 0 amide bonds. The lowest BCUT2D eigenvalue weighted by atomic mass is 9.74. The van der Waals surface area contributed by atoms with Crippen molar-refractivity contribution in [2.75, 3.05) is 11.5 Å². The van der Waals surface area contributed by atoms with Crippen LogP contribution in [0.25, 0.3) is 0 Å². The molecule has 5 heteroatoms. The molecule has 1 saturated carbocycles. The minimum Gasteiger partial charge on any atom is -0.392 e. The Hall–Kier alpha value is -0.420. The van der Waals surface area contributed by atoms with Crippen LogP contribution in [-0.2, 0) is 14.6 Å². The lowest BCUT2D eigenvalue weighted by molar-refractivity contribution is -0.120. The van der Waals surface area contributed by atoms with E-state index >= 15 is 0 Å². The summed E-state index contributed by atoms with van der Waals surface area (Å²) >= 11 is 0. The van der Waals surface area contributed by atoms with Crippen molar-refractivity contribution in [3.63, 3.8) is 0 Å². The molecular formula is C10H16O4S. The molecule has 2 fully saturated rings. The minimum atomic E-state index is -3.14. The number of carbonyl (C=O) groups excluding carboxylic acids is 1. The molecule has 0 bridgehead atoms. The van der Waals surface area contributed by atoms with E-state index in [-0.39, 0.29) is 17.4 Å². The average molecular weight is 232 g/mol. The summed E-state index contributed by atoms with van der Waals surface area (Å²) in [7, 11) is -3.14. The first-order chi connectivity index (χ1) is 6.99. The van der Waals surface area contributed by atoms with Gasteiger partial charge in [-0.3, -0.25) is 0 Å². The smallest absolute Gasteiger partial charge is 0.153 e. The SMILES string of the molecule is O=CC1(C2CS(=O)(=O)CC2O)CCCC1. The van der Waals surface area contributed by atoms with Crippen LogP contribution in [0.2, 0.25) is 0 Å². The summed E-state index contributed by atoms with van der Waals surface area (Å²) in [6.07, 6.45) is 3.42. The Labute approximate surface area is 89.6 Å². The quantitative estimate of drug-likeness (QED) is 0.688. The van der Waals surface area contributed by atoms with Crippen molar-refractivity contribution in [1.29, 1.82) is 0 Å². The molecule has 0 spiro atoms.